The Hall–Kier alpha value is -4.07. The van der Waals surface area contributed by atoms with Gasteiger partial charge in [0.05, 0.1) is 0 Å². The number of rotatable bonds is 5. The van der Waals surface area contributed by atoms with E-state index in [-0.39, 0.29) is 39.8 Å². The Morgan fingerprint density at radius 1 is 0.771 bits per heavy atom. The lowest BCUT2D eigenvalue weighted by Crippen LogP contribution is -2.17. The summed E-state index contributed by atoms with van der Waals surface area (Å²) in [6.07, 6.45) is -8.64. The van der Waals surface area contributed by atoms with Crippen LogP contribution in [0.15, 0.2) is 54.7 Å². The second-order valence-corrected chi connectivity index (χ2v) is 7.00. The maximum absolute atomic E-state index is 13.1. The van der Waals surface area contributed by atoms with E-state index in [1.165, 1.54) is 24.3 Å². The Bertz CT molecular complexity index is 1370. The maximum atomic E-state index is 13.1. The molecule has 4 aromatic heterocycles. The molecule has 35 heavy (non-hydrogen) atoms. The van der Waals surface area contributed by atoms with Gasteiger partial charge in [-0.05, 0) is 30.3 Å². The van der Waals surface area contributed by atoms with Gasteiger partial charge in [-0.1, -0.05) is 23.7 Å². The van der Waals surface area contributed by atoms with Crippen molar-refractivity contribution in [1.82, 2.24) is 29.9 Å². The number of halogens is 7. The average Bonchev–Trinajstić information content (AvgIpc) is 2.77. The number of nitrogens with one attached hydrogen (secondary N) is 1. The lowest BCUT2D eigenvalue weighted by atomic mass is 10.2. The molecule has 0 aliphatic heterocycles. The molecule has 0 saturated carbocycles. The second-order valence-electron chi connectivity index (χ2n) is 6.61. The monoisotopic (exact) mass is 513 g/mol. The molecule has 8 nitrogen and oxygen atoms in total. The molecule has 0 fully saturated rings. The van der Waals surface area contributed by atoms with Gasteiger partial charge in [0, 0.05) is 18.0 Å². The number of hydrogen-bond donors (Lipinski definition) is 1. The Morgan fingerprint density at radius 3 is 2.06 bits per heavy atom. The van der Waals surface area contributed by atoms with Gasteiger partial charge < -0.3 is 10.1 Å². The summed E-state index contributed by atoms with van der Waals surface area (Å²) in [7, 11) is 0. The quantitative estimate of drug-likeness (QED) is 0.268. The fourth-order valence-electron chi connectivity index (χ4n) is 2.70. The zero-order valence-corrected chi connectivity index (χ0v) is 17.7. The van der Waals surface area contributed by atoms with Gasteiger partial charge in [-0.15, -0.1) is 13.2 Å². The summed E-state index contributed by atoms with van der Waals surface area (Å²) in [4.78, 5) is 23.5. The summed E-state index contributed by atoms with van der Waals surface area (Å²) in [6.45, 7) is 0. The van der Waals surface area contributed by atoms with Crippen LogP contribution in [0.3, 0.4) is 0 Å². The van der Waals surface area contributed by atoms with Gasteiger partial charge in [0.2, 0.25) is 11.8 Å². The molecule has 180 valence electrons. The highest BCUT2D eigenvalue weighted by Gasteiger charge is 2.33. The molecule has 0 aliphatic rings. The molecule has 0 amide bonds. The zero-order valence-electron chi connectivity index (χ0n) is 16.9. The van der Waals surface area contributed by atoms with E-state index in [4.69, 9.17) is 11.6 Å². The molecule has 4 aromatic rings. The SMILES string of the molecule is FC(F)(F)Oc1cc(Nc2nc(-c3cccc(Cl)n3)nc(-c3cccc(C(F)(F)F)n3)n2)ccn1. The van der Waals surface area contributed by atoms with Gasteiger partial charge in [-0.25, -0.2) is 19.9 Å². The molecular weight excluding hydrogens is 504 g/mol. The summed E-state index contributed by atoms with van der Waals surface area (Å²) in [5.41, 5.74) is -1.20. The Balaban J connectivity index is 1.78. The molecule has 0 radical (unpaired) electrons. The van der Waals surface area contributed by atoms with Gasteiger partial charge in [-0.3, -0.25) is 0 Å². The maximum Gasteiger partial charge on any atom is 0.574 e. The average molecular weight is 514 g/mol. The summed E-state index contributed by atoms with van der Waals surface area (Å²) in [5.74, 6) is -1.32. The third kappa shape index (κ3) is 6.29. The van der Waals surface area contributed by atoms with Crippen LogP contribution in [-0.2, 0) is 6.18 Å². The molecule has 4 heterocycles. The van der Waals surface area contributed by atoms with Crippen molar-refractivity contribution in [2.45, 2.75) is 12.5 Å². The first kappa shape index (κ1) is 24.1. The predicted octanol–water partition coefficient (Wildman–Crippen LogP) is 5.71. The van der Waals surface area contributed by atoms with E-state index in [1.54, 1.807) is 6.07 Å². The largest absolute Gasteiger partial charge is 0.574 e. The van der Waals surface area contributed by atoms with Crippen molar-refractivity contribution >= 4 is 23.2 Å². The van der Waals surface area contributed by atoms with Gasteiger partial charge in [0.15, 0.2) is 11.6 Å². The lowest BCUT2D eigenvalue weighted by Gasteiger charge is -2.11. The van der Waals surface area contributed by atoms with Crippen LogP contribution < -0.4 is 10.1 Å². The normalized spacial score (nSPS) is 11.9. The van der Waals surface area contributed by atoms with E-state index < -0.39 is 24.1 Å². The van der Waals surface area contributed by atoms with E-state index in [0.29, 0.717) is 0 Å². The standard InChI is InChI=1S/C20H10ClF6N7O/c21-14-6-2-4-12(31-14)17-32-16(11-3-1-5-13(30-11)19(22,23)24)33-18(34-17)29-10-7-8-28-15(9-10)35-20(25,26)27/h1-9H,(H,28,29,32,33,34). The van der Waals surface area contributed by atoms with Crippen molar-refractivity contribution in [2.24, 2.45) is 0 Å². The molecule has 0 atom stereocenters. The minimum Gasteiger partial charge on any atom is -0.388 e. The summed E-state index contributed by atoms with van der Waals surface area (Å²) >= 11 is 5.91. The minimum atomic E-state index is -4.97. The highest BCUT2D eigenvalue weighted by Crippen LogP contribution is 2.30. The van der Waals surface area contributed by atoms with Gasteiger partial charge >= 0.3 is 12.5 Å². The molecule has 0 aromatic carbocycles. The number of nitrogens with zero attached hydrogens (tertiary/aromatic N) is 6. The molecular formula is C20H10ClF6N7O. The van der Waals surface area contributed by atoms with Gasteiger partial charge in [-0.2, -0.15) is 23.1 Å². The Kier molecular flexibility index (Phi) is 6.39. The number of aromatic nitrogens is 6. The van der Waals surface area contributed by atoms with E-state index in [9.17, 15) is 26.3 Å². The number of ether oxygens (including phenoxy) is 1. The van der Waals surface area contributed by atoms with Crippen molar-refractivity contribution in [3.05, 3.63) is 65.6 Å². The Labute approximate surface area is 197 Å². The molecule has 4 rings (SSSR count). The van der Waals surface area contributed by atoms with E-state index in [2.05, 4.69) is 40.0 Å². The number of alkyl halides is 6. The van der Waals surface area contributed by atoms with Crippen LogP contribution in [-0.4, -0.2) is 36.3 Å². The van der Waals surface area contributed by atoms with E-state index in [0.717, 1.165) is 24.4 Å². The van der Waals surface area contributed by atoms with Crippen LogP contribution in [0, 0.1) is 0 Å². The molecule has 0 bridgehead atoms. The molecule has 0 spiro atoms. The fraction of sp³-hybridized carbons (Fsp3) is 0.100. The summed E-state index contributed by atoms with van der Waals surface area (Å²) in [5, 5.41) is 2.75. The summed E-state index contributed by atoms with van der Waals surface area (Å²) < 4.78 is 80.7. The van der Waals surface area contributed by atoms with Crippen LogP contribution in [0.4, 0.5) is 38.0 Å². The van der Waals surface area contributed by atoms with Crippen LogP contribution in [0.2, 0.25) is 5.15 Å². The van der Waals surface area contributed by atoms with Crippen molar-refractivity contribution in [3.8, 4) is 28.9 Å². The second kappa shape index (κ2) is 9.29. The molecule has 0 saturated heterocycles. The van der Waals surface area contributed by atoms with Crippen LogP contribution >= 0.6 is 11.6 Å². The Morgan fingerprint density at radius 2 is 1.43 bits per heavy atom. The van der Waals surface area contributed by atoms with Crippen molar-refractivity contribution in [2.75, 3.05) is 5.32 Å². The van der Waals surface area contributed by atoms with Crippen molar-refractivity contribution < 1.29 is 31.1 Å². The minimum absolute atomic E-state index is 0.0402. The van der Waals surface area contributed by atoms with E-state index >= 15 is 0 Å². The first-order valence-corrected chi connectivity index (χ1v) is 9.76. The molecule has 15 heteroatoms. The number of hydrogen-bond acceptors (Lipinski definition) is 8. The van der Waals surface area contributed by atoms with Crippen molar-refractivity contribution in [1.29, 1.82) is 0 Å². The first-order valence-electron chi connectivity index (χ1n) is 9.39. The van der Waals surface area contributed by atoms with E-state index in [1.807, 2.05) is 0 Å². The van der Waals surface area contributed by atoms with Crippen LogP contribution in [0.25, 0.3) is 23.0 Å². The highest BCUT2D eigenvalue weighted by atomic mass is 35.5. The third-order valence-electron chi connectivity index (χ3n) is 4.06. The summed E-state index contributed by atoms with van der Waals surface area (Å²) in [6, 6.07) is 9.92. The fourth-order valence-corrected chi connectivity index (χ4v) is 2.87. The third-order valence-corrected chi connectivity index (χ3v) is 4.27. The van der Waals surface area contributed by atoms with Crippen LogP contribution in [0.5, 0.6) is 5.88 Å². The van der Waals surface area contributed by atoms with Crippen molar-refractivity contribution in [3.63, 3.8) is 0 Å². The number of anilines is 2. The smallest absolute Gasteiger partial charge is 0.388 e. The predicted molar refractivity (Wildman–Crippen MR) is 111 cm³/mol. The van der Waals surface area contributed by atoms with Gasteiger partial charge in [0.25, 0.3) is 0 Å². The first-order chi connectivity index (χ1) is 16.5. The van der Waals surface area contributed by atoms with Gasteiger partial charge in [0.1, 0.15) is 22.2 Å². The topological polar surface area (TPSA) is 98.6 Å². The highest BCUT2D eigenvalue weighted by molar-refractivity contribution is 6.29. The zero-order chi connectivity index (χ0) is 25.2. The van der Waals surface area contributed by atoms with Crippen LogP contribution in [0.1, 0.15) is 5.69 Å². The molecule has 0 aliphatic carbocycles. The molecule has 1 N–H and O–H groups in total. The lowest BCUT2D eigenvalue weighted by molar-refractivity contribution is -0.276. The molecule has 0 unspecified atom stereocenters. The number of pyridine rings is 3.